The lowest BCUT2D eigenvalue weighted by molar-refractivity contribution is 0.0759. The van der Waals surface area contributed by atoms with Crippen LogP contribution < -0.4 is 10.6 Å². The number of hydrogen-bond acceptors (Lipinski definition) is 6. The fourth-order valence-corrected chi connectivity index (χ4v) is 1.65. The summed E-state index contributed by atoms with van der Waals surface area (Å²) < 4.78 is 10.3. The quantitative estimate of drug-likeness (QED) is 0.612. The second-order valence-corrected chi connectivity index (χ2v) is 5.11. The molecule has 1 heterocycles. The van der Waals surface area contributed by atoms with Gasteiger partial charge in [-0.25, -0.2) is 9.97 Å². The van der Waals surface area contributed by atoms with E-state index in [9.17, 15) is 0 Å². The smallest absolute Gasteiger partial charge is 0.135 e. The van der Waals surface area contributed by atoms with Crippen LogP contribution in [0.25, 0.3) is 0 Å². The van der Waals surface area contributed by atoms with Crippen molar-refractivity contribution in [1.29, 1.82) is 0 Å². The molecule has 0 unspecified atom stereocenters. The minimum Gasteiger partial charge on any atom is -0.382 e. The Hall–Kier alpha value is -1.40. The lowest BCUT2D eigenvalue weighted by atomic mass is 10.2. The van der Waals surface area contributed by atoms with Crippen molar-refractivity contribution in [2.24, 2.45) is 0 Å². The van der Waals surface area contributed by atoms with Crippen LogP contribution in [0.2, 0.25) is 0 Å². The summed E-state index contributed by atoms with van der Waals surface area (Å²) >= 11 is 0. The number of anilines is 2. The normalized spacial score (nSPS) is 10.9. The molecule has 2 N–H and O–H groups in total. The third kappa shape index (κ3) is 7.24. The molecule has 0 aliphatic carbocycles. The summed E-state index contributed by atoms with van der Waals surface area (Å²) in [5.74, 6) is 2.85. The number of aromatic nitrogens is 2. The summed E-state index contributed by atoms with van der Waals surface area (Å²) in [6.45, 7) is 9.81. The van der Waals surface area contributed by atoms with Crippen molar-refractivity contribution in [3.63, 3.8) is 0 Å². The Labute approximate surface area is 127 Å². The molecule has 1 rings (SSSR count). The summed E-state index contributed by atoms with van der Waals surface area (Å²) in [4.78, 5) is 9.06. The third-order valence-corrected chi connectivity index (χ3v) is 2.80. The third-order valence-electron chi connectivity index (χ3n) is 2.80. The Morgan fingerprint density at radius 3 is 2.29 bits per heavy atom. The van der Waals surface area contributed by atoms with Crippen molar-refractivity contribution in [3.8, 4) is 0 Å². The van der Waals surface area contributed by atoms with E-state index in [0.29, 0.717) is 32.3 Å². The van der Waals surface area contributed by atoms with Gasteiger partial charge in [0.15, 0.2) is 0 Å². The van der Waals surface area contributed by atoms with Gasteiger partial charge >= 0.3 is 0 Å². The molecule has 0 aliphatic heterocycles. The van der Waals surface area contributed by atoms with E-state index >= 15 is 0 Å². The predicted molar refractivity (Wildman–Crippen MR) is 86.1 cm³/mol. The van der Waals surface area contributed by atoms with E-state index < -0.39 is 0 Å². The molecule has 0 amide bonds. The molecule has 0 saturated heterocycles. The molecule has 21 heavy (non-hydrogen) atoms. The highest BCUT2D eigenvalue weighted by Gasteiger charge is 2.07. The van der Waals surface area contributed by atoms with Crippen molar-refractivity contribution in [2.45, 2.75) is 33.1 Å². The number of rotatable bonds is 11. The van der Waals surface area contributed by atoms with E-state index in [1.807, 2.05) is 6.07 Å². The molecule has 6 heteroatoms. The predicted octanol–water partition coefficient (Wildman–Crippen LogP) is 2.50. The highest BCUT2D eigenvalue weighted by molar-refractivity contribution is 5.47. The van der Waals surface area contributed by atoms with Gasteiger partial charge in [0.05, 0.1) is 19.8 Å². The Kier molecular flexibility index (Phi) is 8.69. The van der Waals surface area contributed by atoms with Gasteiger partial charge in [0.2, 0.25) is 0 Å². The summed E-state index contributed by atoms with van der Waals surface area (Å²) in [6, 6.07) is 1.94. The van der Waals surface area contributed by atoms with Gasteiger partial charge in [-0.2, -0.15) is 0 Å². The van der Waals surface area contributed by atoms with Gasteiger partial charge in [0.1, 0.15) is 17.5 Å². The molecule has 0 radical (unpaired) electrons. The monoisotopic (exact) mass is 296 g/mol. The second-order valence-electron chi connectivity index (χ2n) is 5.11. The average molecular weight is 296 g/mol. The standard InChI is InChI=1S/C15H28N4O2/c1-5-6-16-13-11-14(19-15(18-13)12(2)3)17-7-8-21-10-9-20-4/h11-12H,5-10H2,1-4H3,(H2,16,17,18,19). The van der Waals surface area contributed by atoms with Crippen LogP contribution in [0.5, 0.6) is 0 Å². The molecule has 6 nitrogen and oxygen atoms in total. The summed E-state index contributed by atoms with van der Waals surface area (Å²) in [6.07, 6.45) is 1.07. The lowest BCUT2D eigenvalue weighted by Gasteiger charge is -2.12. The molecule has 0 aliphatic rings. The first-order valence-electron chi connectivity index (χ1n) is 7.60. The van der Waals surface area contributed by atoms with Crippen molar-refractivity contribution in [3.05, 3.63) is 11.9 Å². The number of nitrogens with zero attached hydrogens (tertiary/aromatic N) is 2. The number of ether oxygens (including phenoxy) is 2. The molecule has 0 bridgehead atoms. The zero-order chi connectivity index (χ0) is 15.5. The summed E-state index contributed by atoms with van der Waals surface area (Å²) in [5.41, 5.74) is 0. The van der Waals surface area contributed by atoms with Gasteiger partial charge < -0.3 is 20.1 Å². The summed E-state index contributed by atoms with van der Waals surface area (Å²) in [7, 11) is 1.67. The van der Waals surface area contributed by atoms with E-state index in [1.165, 1.54) is 0 Å². The van der Waals surface area contributed by atoms with Crippen LogP contribution in [-0.4, -0.2) is 50.0 Å². The number of hydrogen-bond donors (Lipinski definition) is 2. The molecule has 0 atom stereocenters. The van der Waals surface area contributed by atoms with Crippen molar-refractivity contribution < 1.29 is 9.47 Å². The van der Waals surface area contributed by atoms with Gasteiger partial charge in [-0.1, -0.05) is 20.8 Å². The van der Waals surface area contributed by atoms with E-state index in [2.05, 4.69) is 41.4 Å². The molecular weight excluding hydrogens is 268 g/mol. The molecule has 0 spiro atoms. The average Bonchev–Trinajstić information content (AvgIpc) is 2.48. The molecule has 1 aromatic heterocycles. The van der Waals surface area contributed by atoms with E-state index in [1.54, 1.807) is 7.11 Å². The van der Waals surface area contributed by atoms with Crippen molar-refractivity contribution in [1.82, 2.24) is 9.97 Å². The lowest BCUT2D eigenvalue weighted by Crippen LogP contribution is -2.14. The minimum atomic E-state index is 0.298. The fraction of sp³-hybridized carbons (Fsp3) is 0.733. The molecule has 0 aromatic carbocycles. The van der Waals surface area contributed by atoms with Crippen molar-refractivity contribution >= 4 is 11.6 Å². The molecule has 120 valence electrons. The van der Waals surface area contributed by atoms with Crippen LogP contribution in [0, 0.1) is 0 Å². The van der Waals surface area contributed by atoms with E-state index in [-0.39, 0.29) is 0 Å². The fourth-order valence-electron chi connectivity index (χ4n) is 1.65. The highest BCUT2D eigenvalue weighted by atomic mass is 16.5. The molecule has 0 fully saturated rings. The largest absolute Gasteiger partial charge is 0.382 e. The zero-order valence-electron chi connectivity index (χ0n) is 13.6. The first kappa shape index (κ1) is 17.7. The topological polar surface area (TPSA) is 68.3 Å². The maximum Gasteiger partial charge on any atom is 0.135 e. The Morgan fingerprint density at radius 1 is 1.05 bits per heavy atom. The maximum absolute atomic E-state index is 5.42. The first-order chi connectivity index (χ1) is 10.2. The van der Waals surface area contributed by atoms with Crippen LogP contribution in [0.15, 0.2) is 6.07 Å². The van der Waals surface area contributed by atoms with Crippen LogP contribution in [0.3, 0.4) is 0 Å². The second kappa shape index (κ2) is 10.3. The molecular formula is C15H28N4O2. The number of nitrogens with one attached hydrogen (secondary N) is 2. The van der Waals surface area contributed by atoms with Gasteiger partial charge in [0, 0.05) is 32.2 Å². The SMILES string of the molecule is CCCNc1cc(NCCOCCOC)nc(C(C)C)n1. The molecule has 0 saturated carbocycles. The van der Waals surface area contributed by atoms with Gasteiger partial charge in [-0.3, -0.25) is 0 Å². The van der Waals surface area contributed by atoms with Gasteiger partial charge in [-0.05, 0) is 6.42 Å². The van der Waals surface area contributed by atoms with Gasteiger partial charge in [0.25, 0.3) is 0 Å². The van der Waals surface area contributed by atoms with E-state index in [0.717, 1.165) is 30.4 Å². The maximum atomic E-state index is 5.42. The highest BCUT2D eigenvalue weighted by Crippen LogP contribution is 2.16. The Balaban J connectivity index is 2.52. The van der Waals surface area contributed by atoms with Crippen LogP contribution >= 0.6 is 0 Å². The first-order valence-corrected chi connectivity index (χ1v) is 7.60. The Bertz CT molecular complexity index is 399. The summed E-state index contributed by atoms with van der Waals surface area (Å²) in [5, 5.41) is 6.59. The van der Waals surface area contributed by atoms with Crippen LogP contribution in [-0.2, 0) is 9.47 Å². The van der Waals surface area contributed by atoms with E-state index in [4.69, 9.17) is 9.47 Å². The Morgan fingerprint density at radius 2 is 1.71 bits per heavy atom. The molecule has 1 aromatic rings. The minimum absolute atomic E-state index is 0.298. The van der Waals surface area contributed by atoms with Gasteiger partial charge in [-0.15, -0.1) is 0 Å². The zero-order valence-corrected chi connectivity index (χ0v) is 13.6. The number of methoxy groups -OCH3 is 1. The van der Waals surface area contributed by atoms with Crippen LogP contribution in [0.4, 0.5) is 11.6 Å². The van der Waals surface area contributed by atoms with Crippen LogP contribution in [0.1, 0.15) is 38.9 Å². The van der Waals surface area contributed by atoms with Crippen molar-refractivity contribution in [2.75, 3.05) is 50.7 Å².